The molecule has 0 bridgehead atoms. The van der Waals surface area contributed by atoms with Gasteiger partial charge in [0.15, 0.2) is 5.78 Å². The van der Waals surface area contributed by atoms with Gasteiger partial charge in [-0.05, 0) is 43.2 Å². The van der Waals surface area contributed by atoms with E-state index in [1.807, 2.05) is 28.8 Å². The minimum Gasteiger partial charge on any atom is -0.467 e. The average molecular weight is 492 g/mol. The first-order valence-electron chi connectivity index (χ1n) is 11.8. The number of Topliss-reactive ketones (excluding diaryl/α,β-unsaturated/α-hetero) is 1. The lowest BCUT2D eigenvalue weighted by Gasteiger charge is -2.37. The van der Waals surface area contributed by atoms with Gasteiger partial charge in [-0.25, -0.2) is 0 Å². The van der Waals surface area contributed by atoms with Gasteiger partial charge < -0.3 is 35.3 Å². The summed E-state index contributed by atoms with van der Waals surface area (Å²) < 4.78 is 12.3. The van der Waals surface area contributed by atoms with Gasteiger partial charge in [0.2, 0.25) is 0 Å². The number of piperazine rings is 1. The van der Waals surface area contributed by atoms with E-state index in [9.17, 15) is 9.59 Å². The first kappa shape index (κ1) is 23.8. The van der Waals surface area contributed by atoms with E-state index in [1.54, 1.807) is 12.3 Å². The number of primary amides is 1. The molecule has 0 spiro atoms. The van der Waals surface area contributed by atoms with Crippen molar-refractivity contribution in [2.45, 2.75) is 18.9 Å². The van der Waals surface area contributed by atoms with Crippen LogP contribution in [0.5, 0.6) is 6.01 Å². The Morgan fingerprint density at radius 1 is 1.17 bits per heavy atom. The molecule has 188 valence electrons. The van der Waals surface area contributed by atoms with Gasteiger partial charge in [-0.15, -0.1) is 0 Å². The quantitative estimate of drug-likeness (QED) is 0.425. The summed E-state index contributed by atoms with van der Waals surface area (Å²) in [6.07, 6.45) is 3.09. The number of carbonyl (C=O) groups excluding carboxylic acids is 2. The fourth-order valence-electron chi connectivity index (χ4n) is 4.87. The number of benzene rings is 1. The summed E-state index contributed by atoms with van der Waals surface area (Å²) in [5.74, 6) is 0.896. The number of nitrogens with two attached hydrogens (primary N) is 1. The summed E-state index contributed by atoms with van der Waals surface area (Å²) in [6, 6.07) is 9.58. The molecule has 1 unspecified atom stereocenters. The summed E-state index contributed by atoms with van der Waals surface area (Å²) in [7, 11) is 3.05. The lowest BCUT2D eigenvalue weighted by Crippen LogP contribution is -2.56. The smallest absolute Gasteiger partial charge is 0.320 e. The number of rotatable bonds is 8. The number of amides is 1. The fourth-order valence-corrected chi connectivity index (χ4v) is 4.87. The first-order chi connectivity index (χ1) is 17.5. The van der Waals surface area contributed by atoms with Crippen molar-refractivity contribution in [2.75, 3.05) is 50.7 Å². The van der Waals surface area contributed by atoms with Gasteiger partial charge in [-0.2, -0.15) is 9.97 Å². The van der Waals surface area contributed by atoms with Gasteiger partial charge >= 0.3 is 6.01 Å². The van der Waals surface area contributed by atoms with E-state index in [2.05, 4.69) is 25.5 Å². The SMILES string of the molecule is COCC(=O)C1CNCCN1c1ccc(Nc2nc(OC)nc3c2CCc2c(C(N)=O)ccn2-3)cc1. The van der Waals surface area contributed by atoms with Crippen LogP contribution in [0, 0.1) is 0 Å². The van der Waals surface area contributed by atoms with Crippen molar-refractivity contribution < 1.29 is 19.1 Å². The highest BCUT2D eigenvalue weighted by molar-refractivity contribution is 5.94. The van der Waals surface area contributed by atoms with Crippen LogP contribution in [0.25, 0.3) is 5.82 Å². The number of nitrogens with one attached hydrogen (secondary N) is 2. The molecular weight excluding hydrogens is 462 g/mol. The zero-order chi connectivity index (χ0) is 25.2. The summed E-state index contributed by atoms with van der Waals surface area (Å²) in [5.41, 5.74) is 9.60. The monoisotopic (exact) mass is 491 g/mol. The minimum absolute atomic E-state index is 0.0514. The number of carbonyl (C=O) groups is 2. The number of methoxy groups -OCH3 is 2. The molecule has 0 aliphatic carbocycles. The molecular formula is C25H29N7O4. The van der Waals surface area contributed by atoms with Gasteiger partial charge in [0.05, 0.1) is 12.7 Å². The Labute approximate surface area is 208 Å². The zero-order valence-corrected chi connectivity index (χ0v) is 20.3. The molecule has 3 aromatic rings. The molecule has 5 rings (SSSR count). The second-order valence-corrected chi connectivity index (χ2v) is 8.76. The highest BCUT2D eigenvalue weighted by atomic mass is 16.5. The number of anilines is 3. The molecule has 0 saturated carbocycles. The van der Waals surface area contributed by atoms with Crippen molar-refractivity contribution in [1.82, 2.24) is 19.9 Å². The van der Waals surface area contributed by atoms with Crippen molar-refractivity contribution in [3.8, 4) is 11.8 Å². The Hall–Kier alpha value is -3.96. The molecule has 11 nitrogen and oxygen atoms in total. The molecule has 1 atom stereocenters. The molecule has 1 saturated heterocycles. The topological polar surface area (TPSA) is 137 Å². The third-order valence-electron chi connectivity index (χ3n) is 6.61. The summed E-state index contributed by atoms with van der Waals surface area (Å²) in [6.45, 7) is 2.22. The predicted octanol–water partition coefficient (Wildman–Crippen LogP) is 1.21. The van der Waals surface area contributed by atoms with E-state index in [-0.39, 0.29) is 24.4 Å². The number of nitrogens with zero attached hydrogens (tertiary/aromatic N) is 4. The van der Waals surface area contributed by atoms with Crippen LogP contribution in [0.2, 0.25) is 0 Å². The number of fused-ring (bicyclic) bond motifs is 3. The summed E-state index contributed by atoms with van der Waals surface area (Å²) >= 11 is 0. The molecule has 4 heterocycles. The zero-order valence-electron chi connectivity index (χ0n) is 20.3. The van der Waals surface area contributed by atoms with Crippen LogP contribution in [0.3, 0.4) is 0 Å². The third-order valence-corrected chi connectivity index (χ3v) is 6.61. The molecule has 4 N–H and O–H groups in total. The van der Waals surface area contributed by atoms with Crippen molar-refractivity contribution in [3.63, 3.8) is 0 Å². The van der Waals surface area contributed by atoms with Gasteiger partial charge in [0, 0.05) is 55.6 Å². The maximum Gasteiger partial charge on any atom is 0.320 e. The Morgan fingerprint density at radius 3 is 2.69 bits per heavy atom. The molecule has 2 aromatic heterocycles. The van der Waals surface area contributed by atoms with Gasteiger partial charge in [0.25, 0.3) is 5.91 Å². The van der Waals surface area contributed by atoms with E-state index in [4.69, 9.17) is 15.2 Å². The van der Waals surface area contributed by atoms with Crippen LogP contribution >= 0.6 is 0 Å². The molecule has 11 heteroatoms. The second kappa shape index (κ2) is 9.96. The number of hydrogen-bond acceptors (Lipinski definition) is 9. The van der Waals surface area contributed by atoms with Crippen LogP contribution in [-0.2, 0) is 22.4 Å². The lowest BCUT2D eigenvalue weighted by molar-refractivity contribution is -0.124. The van der Waals surface area contributed by atoms with Crippen molar-refractivity contribution in [3.05, 3.63) is 53.3 Å². The predicted molar refractivity (Wildman–Crippen MR) is 134 cm³/mol. The molecule has 1 aromatic carbocycles. The molecule has 2 aliphatic heterocycles. The molecule has 0 radical (unpaired) electrons. The van der Waals surface area contributed by atoms with E-state index in [0.29, 0.717) is 36.6 Å². The lowest BCUT2D eigenvalue weighted by atomic mass is 10.0. The summed E-state index contributed by atoms with van der Waals surface area (Å²) in [5, 5.41) is 6.69. The van der Waals surface area contributed by atoms with Crippen molar-refractivity contribution in [2.24, 2.45) is 5.73 Å². The molecule has 1 fully saturated rings. The second-order valence-electron chi connectivity index (χ2n) is 8.76. The van der Waals surface area contributed by atoms with Crippen LogP contribution in [0.4, 0.5) is 17.2 Å². The molecule has 1 amide bonds. The van der Waals surface area contributed by atoms with Crippen molar-refractivity contribution >= 4 is 28.9 Å². The van der Waals surface area contributed by atoms with E-state index >= 15 is 0 Å². The van der Waals surface area contributed by atoms with Gasteiger partial charge in [-0.1, -0.05) is 0 Å². The standard InChI is InChI=1S/C25H29N7O4/c1-35-14-21(33)20-13-27-10-12-31(20)16-5-3-15(4-6-16)28-23-18-7-8-19-17(22(26)34)9-11-32(19)24(18)30-25(29-23)36-2/h3-6,9,11,20,27H,7-8,10,12-14H2,1-2H3,(H2,26,34)(H,28,29,30). The Morgan fingerprint density at radius 2 is 1.97 bits per heavy atom. The minimum atomic E-state index is -0.456. The van der Waals surface area contributed by atoms with Gasteiger partial charge in [-0.3, -0.25) is 9.59 Å². The number of ether oxygens (including phenoxy) is 2. The third kappa shape index (κ3) is 4.38. The van der Waals surface area contributed by atoms with Crippen molar-refractivity contribution in [1.29, 1.82) is 0 Å². The van der Waals surface area contributed by atoms with Crippen LogP contribution in [-0.4, -0.2) is 72.7 Å². The van der Waals surface area contributed by atoms with Crippen LogP contribution in [0.1, 0.15) is 21.6 Å². The molecule has 2 aliphatic rings. The summed E-state index contributed by atoms with van der Waals surface area (Å²) in [4.78, 5) is 35.6. The van der Waals surface area contributed by atoms with Crippen LogP contribution in [0.15, 0.2) is 36.5 Å². The average Bonchev–Trinajstić information content (AvgIpc) is 3.34. The first-order valence-corrected chi connectivity index (χ1v) is 11.8. The Bertz CT molecular complexity index is 1290. The normalized spacial score (nSPS) is 16.7. The van der Waals surface area contributed by atoms with E-state index in [0.717, 1.165) is 35.7 Å². The maximum atomic E-state index is 12.5. The van der Waals surface area contributed by atoms with E-state index in [1.165, 1.54) is 14.2 Å². The Kier molecular flexibility index (Phi) is 6.57. The largest absolute Gasteiger partial charge is 0.467 e. The number of ketones is 1. The number of aromatic nitrogens is 3. The number of hydrogen-bond donors (Lipinski definition) is 3. The fraction of sp³-hybridized carbons (Fsp3) is 0.360. The van der Waals surface area contributed by atoms with E-state index < -0.39 is 5.91 Å². The highest BCUT2D eigenvalue weighted by Gasteiger charge is 2.29. The molecule has 36 heavy (non-hydrogen) atoms. The maximum absolute atomic E-state index is 12.5. The highest BCUT2D eigenvalue weighted by Crippen LogP contribution is 2.33. The van der Waals surface area contributed by atoms with Crippen LogP contribution < -0.4 is 26.0 Å². The van der Waals surface area contributed by atoms with Gasteiger partial charge in [0.1, 0.15) is 24.3 Å². The Balaban J connectivity index is 1.42.